The number of nitrogens with one attached hydrogen (secondary N) is 2. The van der Waals surface area contributed by atoms with Crippen LogP contribution in [-0.4, -0.2) is 16.8 Å². The van der Waals surface area contributed by atoms with Gasteiger partial charge in [-0.05, 0) is 42.0 Å². The first-order valence-corrected chi connectivity index (χ1v) is 9.28. The van der Waals surface area contributed by atoms with Crippen LogP contribution in [0.25, 0.3) is 6.08 Å². The molecule has 0 fully saturated rings. The van der Waals surface area contributed by atoms with Crippen molar-refractivity contribution in [3.63, 3.8) is 0 Å². The highest BCUT2D eigenvalue weighted by molar-refractivity contribution is 6.30. The van der Waals surface area contributed by atoms with Crippen molar-refractivity contribution < 1.29 is 22.8 Å². The Hall–Kier alpha value is -3.65. The molecule has 3 rings (SSSR count). The van der Waals surface area contributed by atoms with Crippen molar-refractivity contribution in [1.29, 1.82) is 0 Å². The minimum atomic E-state index is -4.57. The predicted molar refractivity (Wildman–Crippen MR) is 112 cm³/mol. The molecule has 0 saturated heterocycles. The summed E-state index contributed by atoms with van der Waals surface area (Å²) in [5, 5.41) is 5.02. The monoisotopic (exact) mass is 445 g/mol. The summed E-state index contributed by atoms with van der Waals surface area (Å²) < 4.78 is 38.9. The molecule has 1 aromatic heterocycles. The summed E-state index contributed by atoms with van der Waals surface area (Å²) in [6.45, 7) is 0. The van der Waals surface area contributed by atoms with E-state index in [0.29, 0.717) is 11.3 Å². The number of hydrogen-bond donors (Lipinski definition) is 2. The van der Waals surface area contributed by atoms with Gasteiger partial charge in [0.05, 0.1) is 5.56 Å². The molecule has 3 aromatic rings. The predicted octanol–water partition coefficient (Wildman–Crippen LogP) is 5.41. The normalized spacial score (nSPS) is 11.7. The standard InChI is InChI=1S/C22H15ClF3N3O2/c23-19-13-17(9-10-27-19)29-21(31)18(11-14-5-2-1-3-6-14)20(30)28-16-8-4-7-15(12-16)22(24,25)26/h1-13H,(H,28,30)(H,27,29,31). The van der Waals surface area contributed by atoms with Gasteiger partial charge in [0, 0.05) is 17.6 Å². The van der Waals surface area contributed by atoms with E-state index in [1.165, 1.54) is 30.5 Å². The van der Waals surface area contributed by atoms with Crippen molar-refractivity contribution >= 4 is 40.9 Å². The zero-order valence-electron chi connectivity index (χ0n) is 15.8. The molecular formula is C22H15ClF3N3O2. The van der Waals surface area contributed by atoms with Gasteiger partial charge in [-0.25, -0.2) is 4.98 Å². The van der Waals surface area contributed by atoms with Gasteiger partial charge in [0.1, 0.15) is 10.7 Å². The summed E-state index contributed by atoms with van der Waals surface area (Å²) in [5.41, 5.74) is -0.472. The zero-order chi connectivity index (χ0) is 22.4. The second-order valence-corrected chi connectivity index (χ2v) is 6.71. The van der Waals surface area contributed by atoms with Crippen LogP contribution in [0.5, 0.6) is 0 Å². The van der Waals surface area contributed by atoms with Gasteiger partial charge in [-0.3, -0.25) is 9.59 Å². The Morgan fingerprint density at radius 2 is 1.52 bits per heavy atom. The number of anilines is 2. The number of alkyl halides is 3. The Morgan fingerprint density at radius 1 is 0.871 bits per heavy atom. The maximum atomic E-state index is 13.0. The molecule has 0 aliphatic heterocycles. The molecule has 0 unspecified atom stereocenters. The Kier molecular flexibility index (Phi) is 6.71. The molecule has 0 radical (unpaired) electrons. The largest absolute Gasteiger partial charge is 0.416 e. The summed E-state index contributed by atoms with van der Waals surface area (Å²) in [6, 6.07) is 15.6. The van der Waals surface area contributed by atoms with Crippen LogP contribution in [-0.2, 0) is 15.8 Å². The van der Waals surface area contributed by atoms with Gasteiger partial charge in [-0.1, -0.05) is 48.0 Å². The molecule has 0 aliphatic carbocycles. The molecular weight excluding hydrogens is 431 g/mol. The quantitative estimate of drug-likeness (QED) is 0.238. The highest BCUT2D eigenvalue weighted by Gasteiger charge is 2.30. The van der Waals surface area contributed by atoms with Crippen LogP contribution >= 0.6 is 11.6 Å². The first-order valence-electron chi connectivity index (χ1n) is 8.90. The van der Waals surface area contributed by atoms with E-state index < -0.39 is 23.6 Å². The van der Waals surface area contributed by atoms with Gasteiger partial charge in [0.15, 0.2) is 0 Å². The number of rotatable bonds is 5. The van der Waals surface area contributed by atoms with Crippen molar-refractivity contribution in [2.75, 3.05) is 10.6 Å². The van der Waals surface area contributed by atoms with Gasteiger partial charge in [0.2, 0.25) is 0 Å². The number of halogens is 4. The average Bonchev–Trinajstić information content (AvgIpc) is 2.72. The lowest BCUT2D eigenvalue weighted by atomic mass is 10.1. The molecule has 0 bridgehead atoms. The van der Waals surface area contributed by atoms with E-state index in [0.717, 1.165) is 18.2 Å². The molecule has 2 amide bonds. The van der Waals surface area contributed by atoms with E-state index in [4.69, 9.17) is 11.6 Å². The summed E-state index contributed by atoms with van der Waals surface area (Å²) in [6.07, 6.45) is -1.86. The lowest BCUT2D eigenvalue weighted by molar-refractivity contribution is -0.137. The lowest BCUT2D eigenvalue weighted by Crippen LogP contribution is -2.25. The van der Waals surface area contributed by atoms with Crippen LogP contribution in [0, 0.1) is 0 Å². The Bertz CT molecular complexity index is 1130. The van der Waals surface area contributed by atoms with Gasteiger partial charge < -0.3 is 10.6 Å². The first kappa shape index (κ1) is 22.0. The summed E-state index contributed by atoms with van der Waals surface area (Å²) in [5.74, 6) is -1.64. The molecule has 5 nitrogen and oxygen atoms in total. The number of carbonyl (C=O) groups excluding carboxylic acids is 2. The first-order chi connectivity index (χ1) is 14.7. The minimum absolute atomic E-state index is 0.0986. The Labute approximate surface area is 180 Å². The van der Waals surface area contributed by atoms with Crippen LogP contribution in [0.1, 0.15) is 11.1 Å². The lowest BCUT2D eigenvalue weighted by Gasteiger charge is -2.12. The van der Waals surface area contributed by atoms with E-state index in [2.05, 4.69) is 15.6 Å². The van der Waals surface area contributed by atoms with Gasteiger partial charge in [0.25, 0.3) is 11.8 Å². The van der Waals surface area contributed by atoms with E-state index in [1.54, 1.807) is 30.3 Å². The molecule has 9 heteroatoms. The number of amides is 2. The number of carbonyl (C=O) groups is 2. The van der Waals surface area contributed by atoms with E-state index in [1.807, 2.05) is 0 Å². The second-order valence-electron chi connectivity index (χ2n) is 6.32. The maximum absolute atomic E-state index is 13.0. The molecule has 158 valence electrons. The zero-order valence-corrected chi connectivity index (χ0v) is 16.5. The van der Waals surface area contributed by atoms with E-state index in [-0.39, 0.29) is 16.4 Å². The molecule has 0 saturated carbocycles. The van der Waals surface area contributed by atoms with Crippen LogP contribution in [0.3, 0.4) is 0 Å². The number of pyridine rings is 1. The topological polar surface area (TPSA) is 71.1 Å². The maximum Gasteiger partial charge on any atom is 0.416 e. The number of benzene rings is 2. The number of aromatic nitrogens is 1. The molecule has 0 atom stereocenters. The summed E-state index contributed by atoms with van der Waals surface area (Å²) >= 11 is 5.81. The molecule has 2 N–H and O–H groups in total. The van der Waals surface area contributed by atoms with Crippen LogP contribution in [0.2, 0.25) is 5.15 Å². The van der Waals surface area contributed by atoms with Crippen molar-refractivity contribution in [3.05, 3.63) is 94.8 Å². The summed E-state index contributed by atoms with van der Waals surface area (Å²) in [4.78, 5) is 29.4. The van der Waals surface area contributed by atoms with E-state index in [9.17, 15) is 22.8 Å². The molecule has 0 aliphatic rings. The third kappa shape index (κ3) is 6.16. The van der Waals surface area contributed by atoms with Crippen LogP contribution < -0.4 is 10.6 Å². The van der Waals surface area contributed by atoms with Gasteiger partial charge in [-0.2, -0.15) is 13.2 Å². The van der Waals surface area contributed by atoms with Crippen LogP contribution in [0.4, 0.5) is 24.5 Å². The molecule has 1 heterocycles. The van der Waals surface area contributed by atoms with Gasteiger partial charge >= 0.3 is 6.18 Å². The number of nitrogens with zero attached hydrogens (tertiary/aromatic N) is 1. The Morgan fingerprint density at radius 3 is 2.13 bits per heavy atom. The number of hydrogen-bond acceptors (Lipinski definition) is 3. The van der Waals surface area contributed by atoms with Crippen molar-refractivity contribution in [2.24, 2.45) is 0 Å². The average molecular weight is 446 g/mol. The van der Waals surface area contributed by atoms with Crippen molar-refractivity contribution in [2.45, 2.75) is 6.18 Å². The smallest absolute Gasteiger partial charge is 0.322 e. The van der Waals surface area contributed by atoms with E-state index >= 15 is 0 Å². The van der Waals surface area contributed by atoms with Gasteiger partial charge in [-0.15, -0.1) is 0 Å². The third-order valence-corrected chi connectivity index (χ3v) is 4.24. The van der Waals surface area contributed by atoms with Crippen LogP contribution in [0.15, 0.2) is 78.5 Å². The highest BCUT2D eigenvalue weighted by Crippen LogP contribution is 2.30. The minimum Gasteiger partial charge on any atom is -0.322 e. The second kappa shape index (κ2) is 9.44. The highest BCUT2D eigenvalue weighted by atomic mass is 35.5. The Balaban J connectivity index is 1.90. The van der Waals surface area contributed by atoms with Crippen molar-refractivity contribution in [3.8, 4) is 0 Å². The summed E-state index contributed by atoms with van der Waals surface area (Å²) in [7, 11) is 0. The molecule has 2 aromatic carbocycles. The fourth-order valence-corrected chi connectivity index (χ4v) is 2.77. The fraction of sp³-hybridized carbons (Fsp3) is 0.0455. The molecule has 31 heavy (non-hydrogen) atoms. The van der Waals surface area contributed by atoms with Crippen molar-refractivity contribution in [1.82, 2.24) is 4.98 Å². The molecule has 0 spiro atoms. The SMILES string of the molecule is O=C(Nc1cccc(C(F)(F)F)c1)C(=Cc1ccccc1)C(=O)Nc1ccnc(Cl)c1. The fourth-order valence-electron chi connectivity index (χ4n) is 2.60. The third-order valence-electron chi connectivity index (χ3n) is 4.03.